The molecule has 1 unspecified atom stereocenters. The van der Waals surface area contributed by atoms with Crippen molar-refractivity contribution in [3.05, 3.63) is 30.3 Å². The summed E-state index contributed by atoms with van der Waals surface area (Å²) in [6, 6.07) is 9.58. The second kappa shape index (κ2) is 7.14. The molecule has 1 aromatic rings. The predicted molar refractivity (Wildman–Crippen MR) is 76.3 cm³/mol. The summed E-state index contributed by atoms with van der Waals surface area (Å²) in [7, 11) is 0. The van der Waals surface area contributed by atoms with Crippen molar-refractivity contribution in [1.82, 2.24) is 4.90 Å². The molecule has 4 nitrogen and oxygen atoms in total. The van der Waals surface area contributed by atoms with Crippen molar-refractivity contribution in [2.24, 2.45) is 5.92 Å². The number of ether oxygens (including phenoxy) is 1. The highest BCUT2D eigenvalue weighted by atomic mass is 16.5. The molecule has 0 aliphatic carbocycles. The molecule has 104 valence electrons. The normalized spacial score (nSPS) is 18.3. The Labute approximate surface area is 114 Å². The van der Waals surface area contributed by atoms with Gasteiger partial charge in [0.1, 0.15) is 0 Å². The number of para-hydroxylation sites is 1. The standard InChI is InChI=1S/C15H22N2O2/c1-2-9-17(11-13-8-10-19-12-13)15(18)16-14-6-4-3-5-7-14/h3-7,13H,2,8-12H2,1H3,(H,16,18). The van der Waals surface area contributed by atoms with Gasteiger partial charge in [0.25, 0.3) is 0 Å². The van der Waals surface area contributed by atoms with Crippen LogP contribution >= 0.6 is 0 Å². The van der Waals surface area contributed by atoms with Crippen LogP contribution in [0.5, 0.6) is 0 Å². The number of benzene rings is 1. The van der Waals surface area contributed by atoms with Gasteiger partial charge in [-0.15, -0.1) is 0 Å². The summed E-state index contributed by atoms with van der Waals surface area (Å²) in [4.78, 5) is 14.2. The van der Waals surface area contributed by atoms with Crippen LogP contribution in [0, 0.1) is 5.92 Å². The molecule has 2 amide bonds. The highest BCUT2D eigenvalue weighted by Gasteiger charge is 2.21. The van der Waals surface area contributed by atoms with Gasteiger partial charge in [0.2, 0.25) is 0 Å². The van der Waals surface area contributed by atoms with Gasteiger partial charge in [0.05, 0.1) is 6.61 Å². The van der Waals surface area contributed by atoms with E-state index in [1.807, 2.05) is 35.2 Å². The summed E-state index contributed by atoms with van der Waals surface area (Å²) in [5.74, 6) is 0.480. The summed E-state index contributed by atoms with van der Waals surface area (Å²) in [6.45, 7) is 5.26. The number of nitrogens with one attached hydrogen (secondary N) is 1. The topological polar surface area (TPSA) is 41.6 Å². The van der Waals surface area contributed by atoms with E-state index in [9.17, 15) is 4.79 Å². The van der Waals surface area contributed by atoms with Crippen LogP contribution in [0.15, 0.2) is 30.3 Å². The number of urea groups is 1. The molecule has 0 aromatic heterocycles. The monoisotopic (exact) mass is 262 g/mol. The van der Waals surface area contributed by atoms with E-state index in [-0.39, 0.29) is 6.03 Å². The Morgan fingerprint density at radius 1 is 1.42 bits per heavy atom. The SMILES string of the molecule is CCCN(CC1CCOC1)C(=O)Nc1ccccc1. The maximum Gasteiger partial charge on any atom is 0.321 e. The van der Waals surface area contributed by atoms with Crippen LogP contribution in [0.1, 0.15) is 19.8 Å². The summed E-state index contributed by atoms with van der Waals surface area (Å²) >= 11 is 0. The number of hydrogen-bond donors (Lipinski definition) is 1. The van der Waals surface area contributed by atoms with Crippen LogP contribution in [0.4, 0.5) is 10.5 Å². The third kappa shape index (κ3) is 4.24. The number of carbonyl (C=O) groups excluding carboxylic acids is 1. The quantitative estimate of drug-likeness (QED) is 0.886. The molecule has 1 saturated heterocycles. The Kier molecular flexibility index (Phi) is 5.21. The molecule has 1 aromatic carbocycles. The number of anilines is 1. The summed E-state index contributed by atoms with van der Waals surface area (Å²) < 4.78 is 5.38. The molecular weight excluding hydrogens is 240 g/mol. The van der Waals surface area contributed by atoms with E-state index in [2.05, 4.69) is 12.2 Å². The van der Waals surface area contributed by atoms with Crippen molar-refractivity contribution in [1.29, 1.82) is 0 Å². The van der Waals surface area contributed by atoms with Gasteiger partial charge in [0.15, 0.2) is 0 Å². The maximum absolute atomic E-state index is 12.3. The fourth-order valence-electron chi connectivity index (χ4n) is 2.31. The fourth-order valence-corrected chi connectivity index (χ4v) is 2.31. The van der Waals surface area contributed by atoms with Crippen LogP contribution in [-0.2, 0) is 4.74 Å². The second-order valence-corrected chi connectivity index (χ2v) is 4.97. The molecule has 0 spiro atoms. The minimum atomic E-state index is -0.0139. The van der Waals surface area contributed by atoms with E-state index in [4.69, 9.17) is 4.74 Å². The minimum Gasteiger partial charge on any atom is -0.381 e. The van der Waals surface area contributed by atoms with Crippen molar-refractivity contribution < 1.29 is 9.53 Å². The first kappa shape index (κ1) is 13.9. The molecule has 0 saturated carbocycles. The van der Waals surface area contributed by atoms with Crippen molar-refractivity contribution in [3.63, 3.8) is 0 Å². The number of nitrogens with zero attached hydrogens (tertiary/aromatic N) is 1. The van der Waals surface area contributed by atoms with Crippen molar-refractivity contribution >= 4 is 11.7 Å². The van der Waals surface area contributed by atoms with E-state index >= 15 is 0 Å². The molecule has 4 heteroatoms. The molecule has 1 aliphatic rings. The first-order valence-electron chi connectivity index (χ1n) is 6.98. The van der Waals surface area contributed by atoms with Gasteiger partial charge >= 0.3 is 6.03 Å². The van der Waals surface area contributed by atoms with Gasteiger partial charge in [-0.25, -0.2) is 4.79 Å². The van der Waals surface area contributed by atoms with E-state index in [1.54, 1.807) is 0 Å². The molecule has 0 radical (unpaired) electrons. The minimum absolute atomic E-state index is 0.0139. The summed E-state index contributed by atoms with van der Waals surface area (Å²) in [6.07, 6.45) is 2.02. The van der Waals surface area contributed by atoms with Crippen molar-refractivity contribution in [2.75, 3.05) is 31.6 Å². The van der Waals surface area contributed by atoms with Crippen molar-refractivity contribution in [3.8, 4) is 0 Å². The van der Waals surface area contributed by atoms with E-state index in [0.717, 1.165) is 44.8 Å². The number of amides is 2. The zero-order valence-corrected chi connectivity index (χ0v) is 11.5. The van der Waals surface area contributed by atoms with Crippen molar-refractivity contribution in [2.45, 2.75) is 19.8 Å². The van der Waals surface area contributed by atoms with Gasteiger partial charge < -0.3 is 15.0 Å². The average Bonchev–Trinajstić information content (AvgIpc) is 2.92. The predicted octanol–water partition coefficient (Wildman–Crippen LogP) is 2.97. The highest BCUT2D eigenvalue weighted by Crippen LogP contribution is 2.15. The summed E-state index contributed by atoms with van der Waals surface area (Å²) in [5.41, 5.74) is 0.844. The van der Waals surface area contributed by atoms with E-state index in [0.29, 0.717) is 5.92 Å². The maximum atomic E-state index is 12.3. The Balaban J connectivity index is 1.91. The number of hydrogen-bond acceptors (Lipinski definition) is 2. The molecule has 1 aliphatic heterocycles. The van der Waals surface area contributed by atoms with Gasteiger partial charge in [-0.2, -0.15) is 0 Å². The Hall–Kier alpha value is -1.55. The average molecular weight is 262 g/mol. The lowest BCUT2D eigenvalue weighted by atomic mass is 10.1. The largest absolute Gasteiger partial charge is 0.381 e. The fraction of sp³-hybridized carbons (Fsp3) is 0.533. The lowest BCUT2D eigenvalue weighted by molar-refractivity contribution is 0.169. The molecule has 2 rings (SSSR count). The van der Waals surface area contributed by atoms with Crippen LogP contribution in [0.2, 0.25) is 0 Å². The van der Waals surface area contributed by atoms with Crippen LogP contribution in [0.25, 0.3) is 0 Å². The third-order valence-corrected chi connectivity index (χ3v) is 3.31. The highest BCUT2D eigenvalue weighted by molar-refractivity contribution is 5.89. The summed E-state index contributed by atoms with van der Waals surface area (Å²) in [5, 5.41) is 2.95. The smallest absolute Gasteiger partial charge is 0.321 e. The molecule has 1 N–H and O–H groups in total. The van der Waals surface area contributed by atoms with Crippen LogP contribution in [0.3, 0.4) is 0 Å². The molecular formula is C15H22N2O2. The molecule has 1 fully saturated rings. The van der Waals surface area contributed by atoms with E-state index < -0.39 is 0 Å². The lowest BCUT2D eigenvalue weighted by Crippen LogP contribution is -2.39. The van der Waals surface area contributed by atoms with Crippen LogP contribution < -0.4 is 5.32 Å². The Morgan fingerprint density at radius 2 is 2.21 bits per heavy atom. The zero-order valence-electron chi connectivity index (χ0n) is 11.5. The van der Waals surface area contributed by atoms with Gasteiger partial charge in [0, 0.05) is 31.3 Å². The third-order valence-electron chi connectivity index (χ3n) is 3.31. The van der Waals surface area contributed by atoms with Gasteiger partial charge in [-0.05, 0) is 25.0 Å². The zero-order chi connectivity index (χ0) is 13.5. The second-order valence-electron chi connectivity index (χ2n) is 4.97. The van der Waals surface area contributed by atoms with Gasteiger partial charge in [-0.3, -0.25) is 0 Å². The molecule has 19 heavy (non-hydrogen) atoms. The molecule has 1 heterocycles. The Bertz CT molecular complexity index is 388. The number of carbonyl (C=O) groups is 1. The number of rotatable bonds is 5. The first-order valence-corrected chi connectivity index (χ1v) is 6.98. The molecule has 1 atom stereocenters. The molecule has 0 bridgehead atoms. The first-order chi connectivity index (χ1) is 9.29. The van der Waals surface area contributed by atoms with E-state index in [1.165, 1.54) is 0 Å². The van der Waals surface area contributed by atoms with Crippen LogP contribution in [-0.4, -0.2) is 37.2 Å². The Morgan fingerprint density at radius 3 is 2.84 bits per heavy atom. The lowest BCUT2D eigenvalue weighted by Gasteiger charge is -2.25. The van der Waals surface area contributed by atoms with Gasteiger partial charge in [-0.1, -0.05) is 25.1 Å².